The molecule has 5 nitrogen and oxygen atoms in total. The summed E-state index contributed by atoms with van der Waals surface area (Å²) in [5.74, 6) is 0. The van der Waals surface area contributed by atoms with Crippen molar-refractivity contribution in [1.82, 2.24) is 0 Å². The Kier molecular flexibility index (Phi) is 62.2. The van der Waals surface area contributed by atoms with Crippen LogP contribution in [0.4, 0.5) is 0 Å². The molecule has 0 heterocycles. The first-order valence-corrected chi connectivity index (χ1v) is 0.876. The van der Waals surface area contributed by atoms with Gasteiger partial charge in [-0.3, -0.25) is 4.79 Å². The molecule has 0 saturated carbocycles. The Bertz CT molecular complexity index is 28.5. The Balaban J connectivity index is 0. The number of hydrogen-bond donors (Lipinski definition) is 2. The van der Waals surface area contributed by atoms with Crippen LogP contribution in [-0.4, -0.2) is 16.8 Å². The number of rotatable bonds is 0. The van der Waals surface area contributed by atoms with E-state index in [0.29, 0.717) is 0 Å². The highest BCUT2D eigenvalue weighted by Crippen LogP contribution is 1.25. The highest BCUT2D eigenvalue weighted by molar-refractivity contribution is 5.32. The Morgan fingerprint density at radius 1 is 1.67 bits per heavy atom. The minimum Gasteiger partial charge on any atom is -0.483 e. The third-order valence-electron chi connectivity index (χ3n) is 0. The van der Waals surface area contributed by atoms with Crippen molar-refractivity contribution in [3.63, 3.8) is 0 Å². The molecule has 0 aromatic carbocycles. The van der Waals surface area contributed by atoms with Crippen LogP contribution in [0.25, 0.3) is 0 Å². The number of carboxylic acid groups (broad SMARTS) is 1. The lowest BCUT2D eigenvalue weighted by atomic mass is 11.7. The minimum absolute atomic E-state index is 0.250. The summed E-state index contributed by atoms with van der Waals surface area (Å²) >= 11 is 0. The number of nitrogens with zero attached hydrogens (tertiary/aromatic N) is 1. The summed E-state index contributed by atoms with van der Waals surface area (Å²) in [6.45, 7) is -0.250. The van der Waals surface area contributed by atoms with Gasteiger partial charge in [-0.2, -0.15) is 0 Å². The van der Waals surface area contributed by atoms with Crippen LogP contribution in [0.5, 0.6) is 0 Å². The zero-order valence-electron chi connectivity index (χ0n) is 2.74. The normalized spacial score (nSPS) is 4.00. The van der Waals surface area contributed by atoms with E-state index in [4.69, 9.17) is 20.0 Å². The molecule has 0 fully saturated rings. The molecule has 0 aromatic rings. The molecule has 0 atom stereocenters. The van der Waals surface area contributed by atoms with Crippen LogP contribution in [0.2, 0.25) is 0 Å². The molecule has 5 heteroatoms. The first kappa shape index (κ1) is 8.85. The predicted octanol–water partition coefficient (Wildman–Crippen LogP) is -0.157. The third kappa shape index (κ3) is 7.86. The molecule has 0 saturated heterocycles. The summed E-state index contributed by atoms with van der Waals surface area (Å²) in [5.41, 5.74) is 0. The van der Waals surface area contributed by atoms with E-state index >= 15 is 0 Å². The molecule has 6 heavy (non-hydrogen) atoms. The molecule has 36 valence electrons. The van der Waals surface area contributed by atoms with Crippen molar-refractivity contribution in [2.75, 3.05) is 0 Å². The molecular weight excluding hydrogens is 90.0 g/mol. The first-order chi connectivity index (χ1) is 2.83. The van der Waals surface area contributed by atoms with Gasteiger partial charge in [-0.15, -0.1) is 4.91 Å². The fraction of sp³-hybridized carbons (Fsp3) is 0. The van der Waals surface area contributed by atoms with Crippen LogP contribution in [0.3, 0.4) is 0 Å². The number of carbonyl (C=O) groups is 1. The van der Waals surface area contributed by atoms with Gasteiger partial charge in [0.25, 0.3) is 6.47 Å². The van der Waals surface area contributed by atoms with Crippen molar-refractivity contribution in [2.45, 2.75) is 0 Å². The predicted molar refractivity (Wildman–Crippen MR) is 16.3 cm³/mol. The molecule has 0 aromatic heterocycles. The van der Waals surface area contributed by atoms with Gasteiger partial charge in [0.2, 0.25) is 0 Å². The monoisotopic (exact) mass is 93.0 g/mol. The Morgan fingerprint density at radius 2 is 1.67 bits per heavy atom. The molecule has 0 amide bonds. The fourth-order valence-corrected chi connectivity index (χ4v) is 0. The van der Waals surface area contributed by atoms with Crippen molar-refractivity contribution in [1.29, 1.82) is 0 Å². The second-order valence-corrected chi connectivity index (χ2v) is 0.187. The largest absolute Gasteiger partial charge is 0.483 e. The van der Waals surface area contributed by atoms with Crippen molar-refractivity contribution in [2.24, 2.45) is 5.34 Å². The van der Waals surface area contributed by atoms with Gasteiger partial charge >= 0.3 is 0 Å². The average Bonchev–Trinajstić information content (AvgIpc) is 1.39. The number of hydrogen-bond acceptors (Lipinski definition) is 3. The Morgan fingerprint density at radius 3 is 1.67 bits per heavy atom. The average molecular weight is 93.0 g/mol. The standard InChI is InChI=1S/CH2O2.HNO2/c2*2-1-3/h1H,(H,2,3);(H,2,3). The summed E-state index contributed by atoms with van der Waals surface area (Å²) < 4.78 is 0. The van der Waals surface area contributed by atoms with Crippen molar-refractivity contribution in [3.05, 3.63) is 4.91 Å². The summed E-state index contributed by atoms with van der Waals surface area (Å²) in [4.78, 5) is 16.5. The van der Waals surface area contributed by atoms with Crippen LogP contribution in [0.15, 0.2) is 5.34 Å². The zero-order chi connectivity index (χ0) is 5.41. The summed E-state index contributed by atoms with van der Waals surface area (Å²) in [6, 6.07) is 0. The summed E-state index contributed by atoms with van der Waals surface area (Å²) in [5, 5.41) is 14.8. The van der Waals surface area contributed by atoms with Gasteiger partial charge in [-0.05, 0) is 0 Å². The highest BCUT2D eigenvalue weighted by atomic mass is 16.6. The second kappa shape index (κ2) is 42.1. The summed E-state index contributed by atoms with van der Waals surface area (Å²) in [7, 11) is 0. The maximum Gasteiger partial charge on any atom is 0.290 e. The Labute approximate surface area is 33.1 Å². The zero-order valence-corrected chi connectivity index (χ0v) is 2.74. The van der Waals surface area contributed by atoms with E-state index in [-0.39, 0.29) is 6.47 Å². The summed E-state index contributed by atoms with van der Waals surface area (Å²) in [6.07, 6.45) is 0. The first-order valence-electron chi connectivity index (χ1n) is 0.876. The van der Waals surface area contributed by atoms with Crippen molar-refractivity contribution >= 4 is 6.47 Å². The van der Waals surface area contributed by atoms with Gasteiger partial charge in [-0.25, -0.2) is 0 Å². The topological polar surface area (TPSA) is 87.0 Å². The lowest BCUT2D eigenvalue weighted by molar-refractivity contribution is -0.122. The minimum atomic E-state index is -0.250. The second-order valence-electron chi connectivity index (χ2n) is 0.187. The Hall–Kier alpha value is -1.13. The van der Waals surface area contributed by atoms with Crippen LogP contribution in [-0.2, 0) is 4.79 Å². The van der Waals surface area contributed by atoms with Gasteiger partial charge in [-0.1, -0.05) is 0 Å². The quantitative estimate of drug-likeness (QED) is 0.247. The van der Waals surface area contributed by atoms with Crippen LogP contribution >= 0.6 is 0 Å². The van der Waals surface area contributed by atoms with Crippen LogP contribution < -0.4 is 0 Å². The van der Waals surface area contributed by atoms with E-state index in [2.05, 4.69) is 0 Å². The van der Waals surface area contributed by atoms with E-state index in [1.54, 1.807) is 0 Å². The lowest BCUT2D eigenvalue weighted by Gasteiger charge is -1.34. The van der Waals surface area contributed by atoms with E-state index in [1.807, 2.05) is 0 Å². The van der Waals surface area contributed by atoms with Gasteiger partial charge in [0, 0.05) is 0 Å². The van der Waals surface area contributed by atoms with Gasteiger partial charge in [0.1, 0.15) is 0 Å². The molecule has 0 rings (SSSR count). The molecule has 0 spiro atoms. The van der Waals surface area contributed by atoms with E-state index in [1.165, 1.54) is 5.34 Å². The molecule has 0 aliphatic heterocycles. The van der Waals surface area contributed by atoms with Crippen molar-refractivity contribution in [3.8, 4) is 0 Å². The molecule has 0 bridgehead atoms. The van der Waals surface area contributed by atoms with Gasteiger partial charge in [0.05, 0.1) is 0 Å². The molecule has 0 radical (unpaired) electrons. The molecule has 0 unspecified atom stereocenters. The van der Waals surface area contributed by atoms with Crippen LogP contribution in [0, 0.1) is 4.91 Å². The SMILES string of the molecule is O=CO.O=NO. The smallest absolute Gasteiger partial charge is 0.290 e. The van der Waals surface area contributed by atoms with E-state index in [9.17, 15) is 0 Å². The third-order valence-corrected chi connectivity index (χ3v) is 0. The maximum atomic E-state index is 8.36. The van der Waals surface area contributed by atoms with Gasteiger partial charge < -0.3 is 10.3 Å². The van der Waals surface area contributed by atoms with Crippen molar-refractivity contribution < 1.29 is 15.1 Å². The molecule has 0 aliphatic rings. The molecular formula is CH3NO4. The molecule has 0 aliphatic carbocycles. The lowest BCUT2D eigenvalue weighted by Crippen LogP contribution is -1.49. The fourth-order valence-electron chi connectivity index (χ4n) is 0. The van der Waals surface area contributed by atoms with E-state index < -0.39 is 0 Å². The van der Waals surface area contributed by atoms with Crippen LogP contribution in [0.1, 0.15) is 0 Å². The maximum absolute atomic E-state index is 8.36. The van der Waals surface area contributed by atoms with E-state index in [0.717, 1.165) is 0 Å². The highest BCUT2D eigenvalue weighted by Gasteiger charge is 1.22. The van der Waals surface area contributed by atoms with Gasteiger partial charge in [0.15, 0.2) is 5.34 Å². The molecule has 2 N–H and O–H groups in total.